The highest BCUT2D eigenvalue weighted by molar-refractivity contribution is 5.93. The SMILES string of the molecule is CCOc1ccccc1NC(=O)CNC(c1ccc(C)cc1)C(F)(F)F. The van der Waals surface area contributed by atoms with E-state index in [1.165, 1.54) is 12.1 Å². The monoisotopic (exact) mass is 366 g/mol. The molecular weight excluding hydrogens is 345 g/mol. The molecule has 0 aliphatic heterocycles. The molecular formula is C19H21F3N2O2. The van der Waals surface area contributed by atoms with Crippen LogP contribution in [0.25, 0.3) is 0 Å². The Bertz CT molecular complexity index is 730. The van der Waals surface area contributed by atoms with Crippen LogP contribution in [0, 0.1) is 6.92 Å². The fourth-order valence-electron chi connectivity index (χ4n) is 2.42. The van der Waals surface area contributed by atoms with Crippen molar-refractivity contribution in [2.45, 2.75) is 26.1 Å². The van der Waals surface area contributed by atoms with Crippen LogP contribution in [0.2, 0.25) is 0 Å². The molecule has 140 valence electrons. The average molecular weight is 366 g/mol. The molecule has 0 spiro atoms. The van der Waals surface area contributed by atoms with Gasteiger partial charge in [-0.05, 0) is 31.5 Å². The highest BCUT2D eigenvalue weighted by Gasteiger charge is 2.40. The van der Waals surface area contributed by atoms with Crippen molar-refractivity contribution in [3.8, 4) is 5.75 Å². The van der Waals surface area contributed by atoms with Crippen molar-refractivity contribution in [1.82, 2.24) is 5.32 Å². The smallest absolute Gasteiger partial charge is 0.407 e. The summed E-state index contributed by atoms with van der Waals surface area (Å²) in [5, 5.41) is 4.86. The van der Waals surface area contributed by atoms with Gasteiger partial charge in [-0.1, -0.05) is 42.0 Å². The van der Waals surface area contributed by atoms with Crippen LogP contribution in [0.15, 0.2) is 48.5 Å². The van der Waals surface area contributed by atoms with E-state index in [9.17, 15) is 18.0 Å². The zero-order valence-electron chi connectivity index (χ0n) is 14.6. The quantitative estimate of drug-likeness (QED) is 0.771. The van der Waals surface area contributed by atoms with Crippen molar-refractivity contribution in [3.63, 3.8) is 0 Å². The summed E-state index contributed by atoms with van der Waals surface area (Å²) in [6.07, 6.45) is -4.52. The second-order valence-corrected chi connectivity index (χ2v) is 5.74. The van der Waals surface area contributed by atoms with E-state index in [1.807, 2.05) is 0 Å². The Hall–Kier alpha value is -2.54. The van der Waals surface area contributed by atoms with Gasteiger partial charge in [-0.2, -0.15) is 13.2 Å². The molecule has 0 radical (unpaired) electrons. The third kappa shape index (κ3) is 5.49. The summed E-state index contributed by atoms with van der Waals surface area (Å²) in [4.78, 5) is 12.1. The maximum absolute atomic E-state index is 13.3. The lowest BCUT2D eigenvalue weighted by Gasteiger charge is -2.22. The molecule has 1 atom stereocenters. The summed E-state index contributed by atoms with van der Waals surface area (Å²) in [6, 6.07) is 10.9. The average Bonchev–Trinajstić information content (AvgIpc) is 2.57. The van der Waals surface area contributed by atoms with Crippen LogP contribution in [0.4, 0.5) is 18.9 Å². The Kier molecular flexibility index (Phi) is 6.63. The molecule has 0 saturated carbocycles. The normalized spacial score (nSPS) is 12.5. The first-order valence-electron chi connectivity index (χ1n) is 8.19. The van der Waals surface area contributed by atoms with E-state index in [0.717, 1.165) is 5.56 Å². The molecule has 0 heterocycles. The van der Waals surface area contributed by atoms with Crippen LogP contribution < -0.4 is 15.4 Å². The fourth-order valence-corrected chi connectivity index (χ4v) is 2.42. The molecule has 1 amide bonds. The first-order valence-corrected chi connectivity index (χ1v) is 8.19. The minimum Gasteiger partial charge on any atom is -0.492 e. The van der Waals surface area contributed by atoms with Crippen molar-refractivity contribution in [2.24, 2.45) is 0 Å². The molecule has 0 fully saturated rings. The first-order chi connectivity index (χ1) is 12.3. The van der Waals surface area contributed by atoms with Crippen LogP contribution in [-0.4, -0.2) is 25.2 Å². The molecule has 2 aromatic carbocycles. The third-order valence-corrected chi connectivity index (χ3v) is 3.67. The van der Waals surface area contributed by atoms with Crippen LogP contribution >= 0.6 is 0 Å². The summed E-state index contributed by atoms with van der Waals surface area (Å²) < 4.78 is 45.4. The number of halogens is 3. The lowest BCUT2D eigenvalue weighted by Crippen LogP contribution is -2.38. The van der Waals surface area contributed by atoms with E-state index in [-0.39, 0.29) is 5.56 Å². The third-order valence-electron chi connectivity index (χ3n) is 3.67. The van der Waals surface area contributed by atoms with Gasteiger partial charge in [-0.25, -0.2) is 0 Å². The van der Waals surface area contributed by atoms with Gasteiger partial charge in [0, 0.05) is 0 Å². The summed E-state index contributed by atoms with van der Waals surface area (Å²) >= 11 is 0. The number of para-hydroxylation sites is 2. The van der Waals surface area contributed by atoms with Crippen molar-refractivity contribution in [1.29, 1.82) is 0 Å². The molecule has 0 aromatic heterocycles. The summed E-state index contributed by atoms with van der Waals surface area (Å²) in [5.41, 5.74) is 1.34. The Labute approximate surface area is 150 Å². The second-order valence-electron chi connectivity index (χ2n) is 5.74. The van der Waals surface area contributed by atoms with Crippen LogP contribution in [0.3, 0.4) is 0 Å². The lowest BCUT2D eigenvalue weighted by molar-refractivity contribution is -0.158. The predicted molar refractivity (Wildman–Crippen MR) is 94.2 cm³/mol. The molecule has 7 heteroatoms. The van der Waals surface area contributed by atoms with Gasteiger partial charge < -0.3 is 10.1 Å². The molecule has 1 unspecified atom stereocenters. The summed E-state index contributed by atoms with van der Waals surface area (Å²) in [6.45, 7) is 3.52. The van der Waals surface area contributed by atoms with Crippen molar-refractivity contribution < 1.29 is 22.7 Å². The van der Waals surface area contributed by atoms with Crippen molar-refractivity contribution in [3.05, 3.63) is 59.7 Å². The van der Waals surface area contributed by atoms with Gasteiger partial charge in [-0.3, -0.25) is 10.1 Å². The number of carbonyl (C=O) groups is 1. The van der Waals surface area contributed by atoms with E-state index in [4.69, 9.17) is 4.74 Å². The van der Waals surface area contributed by atoms with Crippen molar-refractivity contribution in [2.75, 3.05) is 18.5 Å². The number of hydrogen-bond acceptors (Lipinski definition) is 3. The Morgan fingerprint density at radius 2 is 1.77 bits per heavy atom. The fraction of sp³-hybridized carbons (Fsp3) is 0.316. The Morgan fingerprint density at radius 3 is 2.38 bits per heavy atom. The number of nitrogens with one attached hydrogen (secondary N) is 2. The zero-order valence-corrected chi connectivity index (χ0v) is 14.6. The molecule has 0 saturated heterocycles. The minimum atomic E-state index is -4.52. The number of amides is 1. The molecule has 26 heavy (non-hydrogen) atoms. The van der Waals surface area contributed by atoms with Crippen LogP contribution in [0.5, 0.6) is 5.75 Å². The van der Waals surface area contributed by atoms with Gasteiger partial charge in [0.05, 0.1) is 18.8 Å². The zero-order chi connectivity index (χ0) is 19.2. The molecule has 2 rings (SSSR count). The van der Waals surface area contributed by atoms with Crippen LogP contribution in [-0.2, 0) is 4.79 Å². The molecule has 0 bridgehead atoms. The highest BCUT2D eigenvalue weighted by Crippen LogP contribution is 2.32. The summed E-state index contributed by atoms with van der Waals surface area (Å²) in [7, 11) is 0. The number of aryl methyl sites for hydroxylation is 1. The first kappa shape index (κ1) is 19.8. The maximum Gasteiger partial charge on any atom is 0.407 e. The standard InChI is InChI=1S/C19H21F3N2O2/c1-3-26-16-7-5-4-6-15(16)24-17(25)12-23-18(19(20,21)22)14-10-8-13(2)9-11-14/h4-11,18,23H,3,12H2,1-2H3,(H,24,25). The molecule has 0 aliphatic carbocycles. The Balaban J connectivity index is 2.04. The Morgan fingerprint density at radius 1 is 1.12 bits per heavy atom. The maximum atomic E-state index is 13.3. The number of hydrogen-bond donors (Lipinski definition) is 2. The summed E-state index contributed by atoms with van der Waals surface area (Å²) in [5.74, 6) is -0.118. The van der Waals surface area contributed by atoms with Gasteiger partial charge in [-0.15, -0.1) is 0 Å². The van der Waals surface area contributed by atoms with Gasteiger partial charge in [0.1, 0.15) is 11.8 Å². The predicted octanol–water partition coefficient (Wildman–Crippen LogP) is 4.23. The molecule has 4 nitrogen and oxygen atoms in total. The van der Waals surface area contributed by atoms with Crippen molar-refractivity contribution >= 4 is 11.6 Å². The highest BCUT2D eigenvalue weighted by atomic mass is 19.4. The van der Waals surface area contributed by atoms with Gasteiger partial charge in [0.15, 0.2) is 0 Å². The molecule has 2 N–H and O–H groups in total. The number of ether oxygens (including phenoxy) is 1. The topological polar surface area (TPSA) is 50.4 Å². The van der Waals surface area contributed by atoms with Gasteiger partial charge in [0.25, 0.3) is 0 Å². The van der Waals surface area contributed by atoms with Crippen LogP contribution in [0.1, 0.15) is 24.1 Å². The van der Waals surface area contributed by atoms with E-state index < -0.39 is 24.7 Å². The lowest BCUT2D eigenvalue weighted by atomic mass is 10.0. The van der Waals surface area contributed by atoms with Gasteiger partial charge >= 0.3 is 6.18 Å². The minimum absolute atomic E-state index is 0.0608. The van der Waals surface area contributed by atoms with E-state index in [1.54, 1.807) is 50.2 Å². The second kappa shape index (κ2) is 8.71. The van der Waals surface area contributed by atoms with Gasteiger partial charge in [0.2, 0.25) is 5.91 Å². The number of anilines is 1. The van der Waals surface area contributed by atoms with E-state index >= 15 is 0 Å². The number of carbonyl (C=O) groups excluding carboxylic acids is 1. The number of rotatable bonds is 7. The largest absolute Gasteiger partial charge is 0.492 e. The molecule has 2 aromatic rings. The molecule has 0 aliphatic rings. The van der Waals surface area contributed by atoms with E-state index in [2.05, 4.69) is 10.6 Å². The van der Waals surface area contributed by atoms with E-state index in [0.29, 0.717) is 18.0 Å². The number of alkyl halides is 3. The number of benzene rings is 2.